The third kappa shape index (κ3) is 5.17. The Hall–Kier alpha value is -6.20. The average molecular weight is 578 g/mol. The molecule has 0 saturated heterocycles. The summed E-state index contributed by atoms with van der Waals surface area (Å²) in [5, 5.41) is 1.18. The van der Waals surface area contributed by atoms with E-state index in [4.69, 9.17) is 15.0 Å². The van der Waals surface area contributed by atoms with E-state index < -0.39 is 0 Å². The van der Waals surface area contributed by atoms with Crippen LogP contribution in [0.4, 0.5) is 0 Å². The Balaban J connectivity index is 1.30. The first-order valence-corrected chi connectivity index (χ1v) is 14.9. The fourth-order valence-corrected chi connectivity index (χ4v) is 5.75. The fourth-order valence-electron chi connectivity index (χ4n) is 5.75. The van der Waals surface area contributed by atoms with Crippen LogP contribution in [0.3, 0.4) is 0 Å². The molecule has 5 aromatic carbocycles. The van der Waals surface area contributed by atoms with E-state index in [9.17, 15) is 0 Å². The molecule has 0 N–H and O–H groups in total. The van der Waals surface area contributed by atoms with Crippen molar-refractivity contribution in [1.29, 1.82) is 0 Å². The van der Waals surface area contributed by atoms with E-state index >= 15 is 0 Å². The van der Waals surface area contributed by atoms with Gasteiger partial charge in [-0.25, -0.2) is 15.0 Å². The van der Waals surface area contributed by atoms with Gasteiger partial charge in [-0.1, -0.05) is 103 Å². The summed E-state index contributed by atoms with van der Waals surface area (Å²) in [6.07, 6.45) is 5.75. The molecular formula is C40H27N5. The number of benzene rings is 5. The Kier molecular flexibility index (Phi) is 6.74. The van der Waals surface area contributed by atoms with Gasteiger partial charge in [0, 0.05) is 51.9 Å². The number of aromatic nitrogens is 5. The molecule has 0 radical (unpaired) electrons. The summed E-state index contributed by atoms with van der Waals surface area (Å²) < 4.78 is 2.27. The first kappa shape index (κ1) is 26.4. The van der Waals surface area contributed by atoms with Gasteiger partial charge in [0.25, 0.3) is 0 Å². The first-order chi connectivity index (χ1) is 22.3. The molecule has 0 bridgehead atoms. The second kappa shape index (κ2) is 11.5. The topological polar surface area (TPSA) is 56.5 Å². The van der Waals surface area contributed by atoms with Gasteiger partial charge in [-0.15, -0.1) is 0 Å². The zero-order chi connectivity index (χ0) is 30.0. The molecule has 3 heterocycles. The Morgan fingerprint density at radius 1 is 0.400 bits per heavy atom. The Morgan fingerprint density at radius 3 is 1.64 bits per heavy atom. The van der Waals surface area contributed by atoms with E-state index in [0.717, 1.165) is 39.0 Å². The highest BCUT2D eigenvalue weighted by Crippen LogP contribution is 2.37. The molecule has 0 unspecified atom stereocenters. The quantitative estimate of drug-likeness (QED) is 0.197. The second-order valence-corrected chi connectivity index (χ2v) is 10.8. The van der Waals surface area contributed by atoms with E-state index in [1.807, 2.05) is 48.5 Å². The molecule has 0 aliphatic rings. The molecule has 212 valence electrons. The van der Waals surface area contributed by atoms with Crippen LogP contribution in [0.25, 0.3) is 73.0 Å². The third-order valence-electron chi connectivity index (χ3n) is 7.98. The summed E-state index contributed by atoms with van der Waals surface area (Å²) >= 11 is 0. The SMILES string of the molecule is c1ccc(-c2ccc3c(c2)c(-c2cccc(-c4nc(-c5ccccc5)nc(-c5ccncc5)n4)c2)cn3-c2ccccc2)cc1. The molecule has 8 aromatic rings. The standard InChI is InChI=1S/C40H27N5/c1-4-11-28(12-5-1)31-19-20-37-35(26-31)36(27-45(37)34-17-8-3-9-18-34)32-15-10-16-33(25-32)40-43-38(29-13-6-2-7-14-29)42-39(44-40)30-21-23-41-24-22-30/h1-27H. The van der Waals surface area contributed by atoms with Crippen LogP contribution in [0.15, 0.2) is 164 Å². The van der Waals surface area contributed by atoms with E-state index in [2.05, 4.69) is 113 Å². The molecule has 45 heavy (non-hydrogen) atoms. The normalized spacial score (nSPS) is 11.1. The van der Waals surface area contributed by atoms with E-state index in [1.165, 1.54) is 16.5 Å². The van der Waals surface area contributed by atoms with Crippen molar-refractivity contribution in [2.75, 3.05) is 0 Å². The summed E-state index contributed by atoms with van der Waals surface area (Å²) in [5.41, 5.74) is 9.60. The van der Waals surface area contributed by atoms with Gasteiger partial charge in [-0.3, -0.25) is 4.98 Å². The Bertz CT molecular complexity index is 2190. The molecule has 0 aliphatic heterocycles. The molecule has 0 fully saturated rings. The van der Waals surface area contributed by atoms with Crippen LogP contribution in [-0.4, -0.2) is 24.5 Å². The van der Waals surface area contributed by atoms with Crippen LogP contribution in [0.1, 0.15) is 0 Å². The molecule has 5 heteroatoms. The van der Waals surface area contributed by atoms with Crippen molar-refractivity contribution < 1.29 is 0 Å². The van der Waals surface area contributed by atoms with E-state index in [-0.39, 0.29) is 0 Å². The van der Waals surface area contributed by atoms with Gasteiger partial charge in [0.2, 0.25) is 0 Å². The number of nitrogens with zero attached hydrogens (tertiary/aromatic N) is 5. The number of para-hydroxylation sites is 1. The van der Waals surface area contributed by atoms with Crippen molar-refractivity contribution in [3.05, 3.63) is 164 Å². The minimum absolute atomic E-state index is 0.611. The fraction of sp³-hybridized carbons (Fsp3) is 0. The van der Waals surface area contributed by atoms with Crippen LogP contribution in [0.2, 0.25) is 0 Å². The van der Waals surface area contributed by atoms with E-state index in [0.29, 0.717) is 17.5 Å². The molecule has 0 amide bonds. The molecule has 0 aliphatic carbocycles. The van der Waals surface area contributed by atoms with Gasteiger partial charge in [0.05, 0.1) is 5.52 Å². The molecule has 0 saturated carbocycles. The van der Waals surface area contributed by atoms with E-state index in [1.54, 1.807) is 12.4 Å². The lowest BCUT2D eigenvalue weighted by atomic mass is 9.98. The van der Waals surface area contributed by atoms with Crippen molar-refractivity contribution in [2.45, 2.75) is 0 Å². The van der Waals surface area contributed by atoms with Crippen LogP contribution >= 0.6 is 0 Å². The third-order valence-corrected chi connectivity index (χ3v) is 7.98. The molecule has 5 nitrogen and oxygen atoms in total. The first-order valence-electron chi connectivity index (χ1n) is 14.9. The van der Waals surface area contributed by atoms with Gasteiger partial charge in [-0.05, 0) is 59.2 Å². The number of rotatable bonds is 6. The number of hydrogen-bond acceptors (Lipinski definition) is 4. The van der Waals surface area contributed by atoms with Crippen molar-refractivity contribution in [1.82, 2.24) is 24.5 Å². The Labute approximate surface area is 261 Å². The lowest BCUT2D eigenvalue weighted by Gasteiger charge is -2.09. The van der Waals surface area contributed by atoms with Crippen LogP contribution < -0.4 is 0 Å². The average Bonchev–Trinajstić information content (AvgIpc) is 3.52. The zero-order valence-electron chi connectivity index (χ0n) is 24.3. The van der Waals surface area contributed by atoms with Gasteiger partial charge < -0.3 is 4.57 Å². The maximum Gasteiger partial charge on any atom is 0.164 e. The number of fused-ring (bicyclic) bond motifs is 1. The highest BCUT2D eigenvalue weighted by atomic mass is 15.0. The summed E-state index contributed by atoms with van der Waals surface area (Å²) in [5.74, 6) is 1.86. The van der Waals surface area contributed by atoms with Crippen LogP contribution in [0.5, 0.6) is 0 Å². The minimum atomic E-state index is 0.611. The van der Waals surface area contributed by atoms with Gasteiger partial charge >= 0.3 is 0 Å². The van der Waals surface area contributed by atoms with Crippen LogP contribution in [-0.2, 0) is 0 Å². The largest absolute Gasteiger partial charge is 0.316 e. The summed E-state index contributed by atoms with van der Waals surface area (Å²) in [4.78, 5) is 18.9. The smallest absolute Gasteiger partial charge is 0.164 e. The number of hydrogen-bond donors (Lipinski definition) is 0. The Morgan fingerprint density at radius 2 is 0.956 bits per heavy atom. The lowest BCUT2D eigenvalue weighted by molar-refractivity contribution is 1.07. The second-order valence-electron chi connectivity index (χ2n) is 10.8. The molecule has 0 spiro atoms. The van der Waals surface area contributed by atoms with Crippen molar-refractivity contribution in [3.8, 4) is 62.1 Å². The molecule has 3 aromatic heterocycles. The highest BCUT2D eigenvalue weighted by molar-refractivity contribution is 6.00. The van der Waals surface area contributed by atoms with Gasteiger partial charge in [-0.2, -0.15) is 0 Å². The summed E-state index contributed by atoms with van der Waals surface area (Å²) in [6, 6.07) is 50.1. The monoisotopic (exact) mass is 577 g/mol. The summed E-state index contributed by atoms with van der Waals surface area (Å²) in [7, 11) is 0. The highest BCUT2D eigenvalue weighted by Gasteiger charge is 2.16. The predicted molar refractivity (Wildman–Crippen MR) is 182 cm³/mol. The van der Waals surface area contributed by atoms with Crippen molar-refractivity contribution in [3.63, 3.8) is 0 Å². The van der Waals surface area contributed by atoms with Crippen molar-refractivity contribution >= 4 is 10.9 Å². The van der Waals surface area contributed by atoms with Crippen LogP contribution in [0, 0.1) is 0 Å². The molecule has 8 rings (SSSR count). The van der Waals surface area contributed by atoms with Gasteiger partial charge in [0.15, 0.2) is 17.5 Å². The summed E-state index contributed by atoms with van der Waals surface area (Å²) in [6.45, 7) is 0. The molecule has 0 atom stereocenters. The number of pyridine rings is 1. The predicted octanol–water partition coefficient (Wildman–Crippen LogP) is 9.55. The zero-order valence-corrected chi connectivity index (χ0v) is 24.3. The van der Waals surface area contributed by atoms with Gasteiger partial charge in [0.1, 0.15) is 0 Å². The van der Waals surface area contributed by atoms with Crippen molar-refractivity contribution in [2.24, 2.45) is 0 Å². The maximum absolute atomic E-state index is 4.96. The maximum atomic E-state index is 4.96. The minimum Gasteiger partial charge on any atom is -0.316 e. The lowest BCUT2D eigenvalue weighted by Crippen LogP contribution is -2.00. The molecular weight excluding hydrogens is 550 g/mol.